The highest BCUT2D eigenvalue weighted by molar-refractivity contribution is 4.83. The monoisotopic (exact) mass is 355 g/mol. The number of aliphatic hydroxyl groups excluding tert-OH is 1. The molecule has 0 aromatic heterocycles. The van der Waals surface area contributed by atoms with Gasteiger partial charge in [0.2, 0.25) is 0 Å². The van der Waals surface area contributed by atoms with Crippen LogP contribution >= 0.6 is 0 Å². The Hall–Kier alpha value is -0.0800. The zero-order chi connectivity index (χ0) is 18.8. The molecule has 0 radical (unpaired) electrons. The molecule has 0 amide bonds. The molecule has 0 aliphatic rings. The standard InChI is InChI=1S/C23H49NO/c1-4-5-6-7-8-9-10-11-12-13-14-15-16-17-18-19-20-23(3,24)22(2)21-25/h22,25H,4-21,24H2,1-3H3. The molecule has 0 fully saturated rings. The summed E-state index contributed by atoms with van der Waals surface area (Å²) < 4.78 is 0. The maximum Gasteiger partial charge on any atom is 0.0474 e. The van der Waals surface area contributed by atoms with Gasteiger partial charge in [0.05, 0.1) is 0 Å². The lowest BCUT2D eigenvalue weighted by Crippen LogP contribution is -2.44. The minimum absolute atomic E-state index is 0.198. The van der Waals surface area contributed by atoms with Crippen molar-refractivity contribution in [3.05, 3.63) is 0 Å². The van der Waals surface area contributed by atoms with Crippen LogP contribution in [0.5, 0.6) is 0 Å². The average Bonchev–Trinajstić information content (AvgIpc) is 2.60. The highest BCUT2D eigenvalue weighted by Gasteiger charge is 2.24. The highest BCUT2D eigenvalue weighted by atomic mass is 16.3. The van der Waals surface area contributed by atoms with E-state index in [2.05, 4.69) is 13.8 Å². The van der Waals surface area contributed by atoms with Crippen LogP contribution in [0.2, 0.25) is 0 Å². The van der Waals surface area contributed by atoms with E-state index >= 15 is 0 Å². The molecule has 2 nitrogen and oxygen atoms in total. The number of rotatable bonds is 19. The van der Waals surface area contributed by atoms with Crippen molar-refractivity contribution in [3.63, 3.8) is 0 Å². The summed E-state index contributed by atoms with van der Waals surface area (Å²) in [6.07, 6.45) is 23.5. The summed E-state index contributed by atoms with van der Waals surface area (Å²) in [5.41, 5.74) is 6.07. The summed E-state index contributed by atoms with van der Waals surface area (Å²) in [6, 6.07) is 0. The van der Waals surface area contributed by atoms with Gasteiger partial charge in [0, 0.05) is 12.1 Å². The smallest absolute Gasteiger partial charge is 0.0474 e. The fourth-order valence-corrected chi connectivity index (χ4v) is 3.51. The second kappa shape index (κ2) is 17.3. The van der Waals surface area contributed by atoms with Crippen molar-refractivity contribution in [1.29, 1.82) is 0 Å². The molecule has 0 aromatic rings. The molecule has 0 saturated carbocycles. The van der Waals surface area contributed by atoms with Gasteiger partial charge in [-0.05, 0) is 19.3 Å². The molecular formula is C23H49NO. The number of nitrogens with two attached hydrogens (primary N) is 1. The van der Waals surface area contributed by atoms with Gasteiger partial charge in [-0.1, -0.05) is 117 Å². The van der Waals surface area contributed by atoms with Gasteiger partial charge in [-0.2, -0.15) is 0 Å². The summed E-state index contributed by atoms with van der Waals surface area (Å²) in [7, 11) is 0. The van der Waals surface area contributed by atoms with Crippen LogP contribution in [-0.2, 0) is 0 Å². The lowest BCUT2D eigenvalue weighted by molar-refractivity contribution is 0.165. The molecule has 25 heavy (non-hydrogen) atoms. The Bertz CT molecular complexity index is 265. The van der Waals surface area contributed by atoms with E-state index in [1.54, 1.807) is 0 Å². The van der Waals surface area contributed by atoms with E-state index in [4.69, 9.17) is 5.73 Å². The summed E-state index contributed by atoms with van der Waals surface area (Å²) in [4.78, 5) is 0. The molecule has 0 aliphatic heterocycles. The number of hydrogen-bond acceptors (Lipinski definition) is 2. The van der Waals surface area contributed by atoms with Crippen LogP contribution < -0.4 is 5.73 Å². The molecule has 3 N–H and O–H groups in total. The first-order chi connectivity index (χ1) is 12.0. The van der Waals surface area contributed by atoms with Crippen LogP contribution in [0.15, 0.2) is 0 Å². The quantitative estimate of drug-likeness (QED) is 0.245. The van der Waals surface area contributed by atoms with Crippen molar-refractivity contribution in [3.8, 4) is 0 Å². The molecule has 0 rings (SSSR count). The van der Waals surface area contributed by atoms with Crippen LogP contribution in [0.25, 0.3) is 0 Å². The fraction of sp³-hybridized carbons (Fsp3) is 1.00. The van der Waals surface area contributed by atoms with Gasteiger partial charge in [0.15, 0.2) is 0 Å². The van der Waals surface area contributed by atoms with E-state index in [1.807, 2.05) is 6.92 Å². The maximum absolute atomic E-state index is 9.23. The van der Waals surface area contributed by atoms with Gasteiger partial charge in [-0.3, -0.25) is 0 Å². The Kier molecular flexibility index (Phi) is 17.3. The van der Waals surface area contributed by atoms with Crippen molar-refractivity contribution in [1.82, 2.24) is 0 Å². The Labute approximate surface area is 159 Å². The first kappa shape index (κ1) is 24.9. The molecule has 2 unspecified atom stereocenters. The normalized spacial score (nSPS) is 15.2. The summed E-state index contributed by atoms with van der Waals surface area (Å²) in [6.45, 7) is 6.62. The third-order valence-electron chi connectivity index (χ3n) is 5.97. The van der Waals surface area contributed by atoms with Crippen molar-refractivity contribution >= 4 is 0 Å². The summed E-state index contributed by atoms with van der Waals surface area (Å²) in [5, 5.41) is 9.23. The molecule has 0 bridgehead atoms. The lowest BCUT2D eigenvalue weighted by atomic mass is 9.84. The van der Waals surface area contributed by atoms with E-state index in [0.717, 1.165) is 6.42 Å². The Balaban J connectivity index is 3.19. The Morgan fingerprint density at radius 1 is 0.680 bits per heavy atom. The molecule has 152 valence electrons. The van der Waals surface area contributed by atoms with E-state index < -0.39 is 0 Å². The highest BCUT2D eigenvalue weighted by Crippen LogP contribution is 2.21. The molecule has 0 heterocycles. The lowest BCUT2D eigenvalue weighted by Gasteiger charge is -2.30. The van der Waals surface area contributed by atoms with Gasteiger partial charge < -0.3 is 10.8 Å². The van der Waals surface area contributed by atoms with E-state index in [1.165, 1.54) is 103 Å². The van der Waals surface area contributed by atoms with Gasteiger partial charge in [0.25, 0.3) is 0 Å². The van der Waals surface area contributed by atoms with Crippen molar-refractivity contribution < 1.29 is 5.11 Å². The molecular weight excluding hydrogens is 306 g/mol. The van der Waals surface area contributed by atoms with Crippen LogP contribution in [0.1, 0.15) is 130 Å². The van der Waals surface area contributed by atoms with Crippen molar-refractivity contribution in [2.75, 3.05) is 6.61 Å². The van der Waals surface area contributed by atoms with Gasteiger partial charge in [-0.15, -0.1) is 0 Å². The molecule has 0 aromatic carbocycles. The summed E-state index contributed by atoms with van der Waals surface area (Å²) in [5.74, 6) is 0.198. The van der Waals surface area contributed by atoms with E-state index in [-0.39, 0.29) is 18.1 Å². The predicted octanol–water partition coefficient (Wildman–Crippen LogP) is 6.98. The second-order valence-corrected chi connectivity index (χ2v) is 8.64. The number of aliphatic hydroxyl groups is 1. The molecule has 0 aliphatic carbocycles. The van der Waals surface area contributed by atoms with Crippen LogP contribution in [0.4, 0.5) is 0 Å². The molecule has 2 atom stereocenters. The van der Waals surface area contributed by atoms with Gasteiger partial charge >= 0.3 is 0 Å². The SMILES string of the molecule is CCCCCCCCCCCCCCCCCCC(C)(N)C(C)CO. The average molecular weight is 356 g/mol. The first-order valence-electron chi connectivity index (χ1n) is 11.4. The van der Waals surface area contributed by atoms with Crippen molar-refractivity contribution in [2.45, 2.75) is 135 Å². The van der Waals surface area contributed by atoms with Gasteiger partial charge in [0.1, 0.15) is 0 Å². The molecule has 2 heteroatoms. The third-order valence-corrected chi connectivity index (χ3v) is 5.97. The minimum atomic E-state index is -0.204. The molecule has 0 spiro atoms. The van der Waals surface area contributed by atoms with E-state index in [0.29, 0.717) is 0 Å². The Morgan fingerprint density at radius 3 is 1.32 bits per heavy atom. The predicted molar refractivity (Wildman–Crippen MR) is 113 cm³/mol. The maximum atomic E-state index is 9.23. The number of hydrogen-bond donors (Lipinski definition) is 2. The van der Waals surface area contributed by atoms with E-state index in [9.17, 15) is 5.11 Å². The summed E-state index contributed by atoms with van der Waals surface area (Å²) >= 11 is 0. The zero-order valence-electron chi connectivity index (χ0n) is 17.8. The largest absolute Gasteiger partial charge is 0.396 e. The first-order valence-corrected chi connectivity index (χ1v) is 11.4. The Morgan fingerprint density at radius 2 is 1.00 bits per heavy atom. The van der Waals surface area contributed by atoms with Crippen LogP contribution in [-0.4, -0.2) is 17.3 Å². The van der Waals surface area contributed by atoms with Crippen LogP contribution in [0, 0.1) is 5.92 Å². The third kappa shape index (κ3) is 15.9. The number of unbranched alkanes of at least 4 members (excludes halogenated alkanes) is 15. The zero-order valence-corrected chi connectivity index (χ0v) is 17.8. The van der Waals surface area contributed by atoms with Gasteiger partial charge in [-0.25, -0.2) is 0 Å². The molecule has 0 saturated heterocycles. The fourth-order valence-electron chi connectivity index (χ4n) is 3.51. The van der Waals surface area contributed by atoms with Crippen LogP contribution in [0.3, 0.4) is 0 Å². The minimum Gasteiger partial charge on any atom is -0.396 e. The topological polar surface area (TPSA) is 46.2 Å². The van der Waals surface area contributed by atoms with Crippen molar-refractivity contribution in [2.24, 2.45) is 11.7 Å². The second-order valence-electron chi connectivity index (χ2n) is 8.64.